The number of hydrogen-bond donors (Lipinski definition) is 1. The molecule has 0 radical (unpaired) electrons. The third-order valence-corrected chi connectivity index (χ3v) is 4.30. The van der Waals surface area contributed by atoms with Gasteiger partial charge < -0.3 is 4.90 Å². The fourth-order valence-corrected chi connectivity index (χ4v) is 2.71. The standard InChI is InChI=1S/C17H29N3O2/c1-16(2,3)11(18-20-8-9-20)10-19(7)13-12(17(4,5)6)14(21)15(13)22/h11,18H,8-10H2,1-7H3/t11-/m1/s1. The Morgan fingerprint density at radius 1 is 1.09 bits per heavy atom. The van der Waals surface area contributed by atoms with Gasteiger partial charge in [-0.25, -0.2) is 10.4 Å². The molecule has 0 spiro atoms. The molecule has 0 amide bonds. The van der Waals surface area contributed by atoms with Gasteiger partial charge in [-0.15, -0.1) is 0 Å². The molecular weight excluding hydrogens is 278 g/mol. The van der Waals surface area contributed by atoms with Crippen LogP contribution in [0.4, 0.5) is 5.69 Å². The van der Waals surface area contributed by atoms with Crippen molar-refractivity contribution in [3.8, 4) is 0 Å². The lowest BCUT2D eigenvalue weighted by atomic mass is 9.81. The third-order valence-electron chi connectivity index (χ3n) is 4.30. The van der Waals surface area contributed by atoms with Gasteiger partial charge in [0.15, 0.2) is 0 Å². The summed E-state index contributed by atoms with van der Waals surface area (Å²) in [5, 5.41) is 2.18. The van der Waals surface area contributed by atoms with Gasteiger partial charge in [-0.3, -0.25) is 9.59 Å². The fourth-order valence-electron chi connectivity index (χ4n) is 2.71. The summed E-state index contributed by atoms with van der Waals surface area (Å²) in [5.41, 5.74) is 3.89. The Labute approximate surface area is 133 Å². The summed E-state index contributed by atoms with van der Waals surface area (Å²) in [6.07, 6.45) is 0. The number of hydrazine groups is 1. The van der Waals surface area contributed by atoms with Crippen LogP contribution in [0.2, 0.25) is 0 Å². The minimum atomic E-state index is -0.341. The maximum atomic E-state index is 12.0. The van der Waals surface area contributed by atoms with Crippen molar-refractivity contribution >= 4 is 5.69 Å². The lowest BCUT2D eigenvalue weighted by molar-refractivity contribution is 0.202. The molecule has 0 aromatic heterocycles. The van der Waals surface area contributed by atoms with E-state index in [0.717, 1.165) is 13.1 Å². The smallest absolute Gasteiger partial charge is 0.249 e. The first kappa shape index (κ1) is 17.2. The van der Waals surface area contributed by atoms with Gasteiger partial charge in [0, 0.05) is 38.3 Å². The first-order valence-electron chi connectivity index (χ1n) is 7.99. The summed E-state index contributed by atoms with van der Waals surface area (Å²) in [6.45, 7) is 15.4. The van der Waals surface area contributed by atoms with Crippen molar-refractivity contribution in [2.24, 2.45) is 5.41 Å². The monoisotopic (exact) mass is 307 g/mol. The number of rotatable bonds is 5. The third kappa shape index (κ3) is 3.41. The Bertz CT molecular complexity index is 611. The van der Waals surface area contributed by atoms with Crippen LogP contribution in [0.3, 0.4) is 0 Å². The normalized spacial score (nSPS) is 17.8. The predicted octanol–water partition coefficient (Wildman–Crippen LogP) is 1.25. The van der Waals surface area contributed by atoms with E-state index in [-0.39, 0.29) is 27.7 Å². The van der Waals surface area contributed by atoms with Crippen LogP contribution >= 0.6 is 0 Å². The first-order chi connectivity index (χ1) is 9.93. The van der Waals surface area contributed by atoms with Crippen LogP contribution in [0, 0.1) is 5.41 Å². The Morgan fingerprint density at radius 3 is 2.05 bits per heavy atom. The Hall–Kier alpha value is -1.20. The summed E-state index contributed by atoms with van der Waals surface area (Å²) < 4.78 is 0. The van der Waals surface area contributed by atoms with Crippen molar-refractivity contribution in [2.75, 3.05) is 31.6 Å². The van der Waals surface area contributed by atoms with E-state index in [1.54, 1.807) is 0 Å². The Balaban J connectivity index is 2.21. The van der Waals surface area contributed by atoms with Gasteiger partial charge in [-0.05, 0) is 10.8 Å². The number of anilines is 1. The highest BCUT2D eigenvalue weighted by atomic mass is 16.2. The molecule has 1 aromatic carbocycles. The molecule has 1 saturated heterocycles. The lowest BCUT2D eigenvalue weighted by Crippen LogP contribution is -2.53. The zero-order valence-corrected chi connectivity index (χ0v) is 14.9. The van der Waals surface area contributed by atoms with Crippen LogP contribution in [-0.2, 0) is 5.41 Å². The average molecular weight is 307 g/mol. The average Bonchev–Trinajstić information content (AvgIpc) is 3.14. The molecule has 0 unspecified atom stereocenters. The van der Waals surface area contributed by atoms with Crippen molar-refractivity contribution in [1.82, 2.24) is 10.4 Å². The molecule has 5 heteroatoms. The zero-order chi connectivity index (χ0) is 16.9. The molecular formula is C17H29N3O2. The van der Waals surface area contributed by atoms with E-state index in [4.69, 9.17) is 0 Å². The second-order valence-electron chi connectivity index (χ2n) is 8.55. The molecule has 5 nitrogen and oxygen atoms in total. The molecule has 1 aromatic rings. The van der Waals surface area contributed by atoms with Crippen molar-refractivity contribution in [1.29, 1.82) is 0 Å². The van der Waals surface area contributed by atoms with E-state index in [1.807, 2.05) is 32.7 Å². The molecule has 1 fully saturated rings. The van der Waals surface area contributed by atoms with E-state index < -0.39 is 0 Å². The Kier molecular flexibility index (Phi) is 4.26. The van der Waals surface area contributed by atoms with Crippen LogP contribution in [0.5, 0.6) is 0 Å². The number of nitrogens with zero attached hydrogens (tertiary/aromatic N) is 2. The van der Waals surface area contributed by atoms with Gasteiger partial charge in [0.1, 0.15) is 0 Å². The molecule has 1 N–H and O–H groups in total. The maximum absolute atomic E-state index is 12.0. The number of likely N-dealkylation sites (N-methyl/N-ethyl adjacent to an activating group) is 1. The highest BCUT2D eigenvalue weighted by molar-refractivity contribution is 5.61. The second kappa shape index (κ2) is 5.46. The summed E-state index contributed by atoms with van der Waals surface area (Å²) in [5.74, 6) is 0. The Morgan fingerprint density at radius 2 is 1.64 bits per heavy atom. The number of nitrogens with one attached hydrogen (secondary N) is 1. The van der Waals surface area contributed by atoms with Crippen LogP contribution in [0.1, 0.15) is 47.1 Å². The van der Waals surface area contributed by atoms with E-state index in [2.05, 4.69) is 31.2 Å². The van der Waals surface area contributed by atoms with Crippen LogP contribution in [0.15, 0.2) is 9.59 Å². The van der Waals surface area contributed by atoms with Crippen molar-refractivity contribution < 1.29 is 0 Å². The minimum Gasteiger partial charge on any atom is -0.369 e. The van der Waals surface area contributed by atoms with Gasteiger partial charge in [-0.2, -0.15) is 0 Å². The molecule has 124 valence electrons. The highest BCUT2D eigenvalue weighted by Gasteiger charge is 2.35. The molecule has 1 aliphatic heterocycles. The molecule has 0 aliphatic carbocycles. The summed E-state index contributed by atoms with van der Waals surface area (Å²) in [6, 6.07) is 0.220. The van der Waals surface area contributed by atoms with Gasteiger partial charge in [0.25, 0.3) is 0 Å². The summed E-state index contributed by atoms with van der Waals surface area (Å²) in [4.78, 5) is 25.9. The highest BCUT2D eigenvalue weighted by Crippen LogP contribution is 2.29. The largest absolute Gasteiger partial charge is 0.369 e. The molecule has 1 atom stereocenters. The molecule has 2 rings (SSSR count). The minimum absolute atomic E-state index is 0.0656. The molecule has 0 saturated carbocycles. The molecule has 1 heterocycles. The van der Waals surface area contributed by atoms with Gasteiger partial charge in [0.05, 0.1) is 5.69 Å². The van der Waals surface area contributed by atoms with E-state index in [9.17, 15) is 9.59 Å². The van der Waals surface area contributed by atoms with E-state index in [0.29, 0.717) is 17.8 Å². The topological polar surface area (TPSA) is 52.4 Å². The zero-order valence-electron chi connectivity index (χ0n) is 14.9. The SMILES string of the molecule is CN(C[C@@H](NN1CC1)C(C)(C)C)c1c(C(C)(C)C)c(=O)c1=O. The first-order valence-corrected chi connectivity index (χ1v) is 7.99. The van der Waals surface area contributed by atoms with E-state index in [1.165, 1.54) is 0 Å². The van der Waals surface area contributed by atoms with Crippen molar-refractivity contribution in [2.45, 2.75) is 53.0 Å². The quantitative estimate of drug-likeness (QED) is 0.655. The lowest BCUT2D eigenvalue weighted by Gasteiger charge is -2.37. The van der Waals surface area contributed by atoms with Gasteiger partial charge in [0.2, 0.25) is 10.9 Å². The summed E-state index contributed by atoms with van der Waals surface area (Å²) in [7, 11) is 1.91. The van der Waals surface area contributed by atoms with Crippen LogP contribution in [0.25, 0.3) is 0 Å². The van der Waals surface area contributed by atoms with Crippen molar-refractivity contribution in [3.05, 3.63) is 26.0 Å². The van der Waals surface area contributed by atoms with Crippen LogP contribution < -0.4 is 21.2 Å². The number of hydrogen-bond acceptors (Lipinski definition) is 5. The maximum Gasteiger partial charge on any atom is 0.249 e. The predicted molar refractivity (Wildman–Crippen MR) is 91.3 cm³/mol. The van der Waals surface area contributed by atoms with E-state index >= 15 is 0 Å². The van der Waals surface area contributed by atoms with Gasteiger partial charge >= 0.3 is 0 Å². The second-order valence-corrected chi connectivity index (χ2v) is 8.55. The molecule has 1 aliphatic rings. The van der Waals surface area contributed by atoms with Crippen molar-refractivity contribution in [3.63, 3.8) is 0 Å². The molecule has 0 bridgehead atoms. The van der Waals surface area contributed by atoms with Crippen LogP contribution in [-0.4, -0.2) is 37.7 Å². The fraction of sp³-hybridized carbons (Fsp3) is 0.765. The van der Waals surface area contributed by atoms with Gasteiger partial charge in [-0.1, -0.05) is 41.5 Å². The molecule has 22 heavy (non-hydrogen) atoms. The summed E-state index contributed by atoms with van der Waals surface area (Å²) >= 11 is 0.